The van der Waals surface area contributed by atoms with Crippen LogP contribution in [-0.4, -0.2) is 17.0 Å². The Morgan fingerprint density at radius 2 is 2.05 bits per heavy atom. The van der Waals surface area contributed by atoms with E-state index >= 15 is 0 Å². The van der Waals surface area contributed by atoms with Crippen molar-refractivity contribution in [3.05, 3.63) is 57.3 Å². The molecule has 21 heavy (non-hydrogen) atoms. The predicted octanol–water partition coefficient (Wildman–Crippen LogP) is 3.00. The Kier molecular flexibility index (Phi) is 5.11. The van der Waals surface area contributed by atoms with Gasteiger partial charge in [0.2, 0.25) is 5.91 Å². The number of benzene rings is 1. The highest BCUT2D eigenvalue weighted by molar-refractivity contribution is 7.13. The zero-order valence-corrected chi connectivity index (χ0v) is 12.6. The van der Waals surface area contributed by atoms with E-state index in [0.717, 1.165) is 10.4 Å². The number of hydrogen-bond acceptors (Lipinski definition) is 3. The van der Waals surface area contributed by atoms with Crippen molar-refractivity contribution >= 4 is 23.2 Å². The second-order valence-electron chi connectivity index (χ2n) is 4.84. The van der Waals surface area contributed by atoms with E-state index in [1.807, 2.05) is 25.1 Å². The number of carbonyl (C=O) groups excluding carboxylic acids is 1. The van der Waals surface area contributed by atoms with Crippen LogP contribution >= 0.6 is 11.3 Å². The minimum Gasteiger partial charge on any atom is -0.477 e. The quantitative estimate of drug-likeness (QED) is 0.862. The third-order valence-electron chi connectivity index (χ3n) is 3.06. The fraction of sp³-hybridized carbons (Fsp3) is 0.250. The van der Waals surface area contributed by atoms with Crippen LogP contribution in [0.5, 0.6) is 0 Å². The molecule has 2 rings (SSSR count). The van der Waals surface area contributed by atoms with Crippen molar-refractivity contribution in [1.29, 1.82) is 0 Å². The number of carbonyl (C=O) groups is 2. The number of aryl methyl sites for hydroxylation is 2. The molecule has 1 aromatic heterocycles. The van der Waals surface area contributed by atoms with Gasteiger partial charge in [-0.3, -0.25) is 4.79 Å². The zero-order valence-electron chi connectivity index (χ0n) is 11.8. The largest absolute Gasteiger partial charge is 0.477 e. The Morgan fingerprint density at radius 1 is 1.24 bits per heavy atom. The summed E-state index contributed by atoms with van der Waals surface area (Å²) in [6, 6.07) is 11.4. The predicted molar refractivity (Wildman–Crippen MR) is 82.6 cm³/mol. The lowest BCUT2D eigenvalue weighted by Crippen LogP contribution is -2.22. The molecule has 0 aliphatic heterocycles. The van der Waals surface area contributed by atoms with E-state index in [9.17, 15) is 9.59 Å². The number of rotatable bonds is 6. The molecule has 0 aliphatic rings. The molecule has 0 unspecified atom stereocenters. The molecule has 0 bridgehead atoms. The van der Waals surface area contributed by atoms with E-state index in [1.54, 1.807) is 12.1 Å². The summed E-state index contributed by atoms with van der Waals surface area (Å²) in [5, 5.41) is 11.6. The minimum absolute atomic E-state index is 0.0261. The molecule has 2 N–H and O–H groups in total. The summed E-state index contributed by atoms with van der Waals surface area (Å²) in [6.45, 7) is 2.41. The lowest BCUT2D eigenvalue weighted by atomic mass is 10.1. The number of hydrogen-bond donors (Lipinski definition) is 2. The normalized spacial score (nSPS) is 10.3. The molecule has 0 saturated carbocycles. The average Bonchev–Trinajstić information content (AvgIpc) is 2.92. The summed E-state index contributed by atoms with van der Waals surface area (Å²) in [7, 11) is 0. The lowest BCUT2D eigenvalue weighted by Gasteiger charge is -2.04. The Morgan fingerprint density at radius 3 is 2.71 bits per heavy atom. The first-order chi connectivity index (χ1) is 10.0. The number of aromatic carboxylic acids is 1. The number of nitrogens with one attached hydrogen (secondary N) is 1. The highest BCUT2D eigenvalue weighted by atomic mass is 32.1. The molecule has 0 aliphatic carbocycles. The molecule has 1 amide bonds. The van der Waals surface area contributed by atoms with E-state index in [-0.39, 0.29) is 5.91 Å². The summed E-state index contributed by atoms with van der Waals surface area (Å²) in [4.78, 5) is 23.7. The fourth-order valence-electron chi connectivity index (χ4n) is 1.99. The van der Waals surface area contributed by atoms with Crippen molar-refractivity contribution in [2.24, 2.45) is 0 Å². The van der Waals surface area contributed by atoms with Crippen LogP contribution in [-0.2, 0) is 17.8 Å². The van der Waals surface area contributed by atoms with Crippen LogP contribution in [0.25, 0.3) is 0 Å². The van der Waals surface area contributed by atoms with Crippen LogP contribution in [0.2, 0.25) is 0 Å². The third-order valence-corrected chi connectivity index (χ3v) is 4.13. The van der Waals surface area contributed by atoms with Crippen LogP contribution in [0.15, 0.2) is 36.4 Å². The Labute approximate surface area is 127 Å². The van der Waals surface area contributed by atoms with E-state index in [1.165, 1.54) is 16.9 Å². The highest BCUT2D eigenvalue weighted by Crippen LogP contribution is 2.16. The second kappa shape index (κ2) is 7.04. The molecule has 110 valence electrons. The van der Waals surface area contributed by atoms with Crippen LogP contribution in [0.3, 0.4) is 0 Å². The maximum Gasteiger partial charge on any atom is 0.345 e. The van der Waals surface area contributed by atoms with Gasteiger partial charge in [0.1, 0.15) is 4.88 Å². The first-order valence-electron chi connectivity index (χ1n) is 6.69. The summed E-state index contributed by atoms with van der Waals surface area (Å²) >= 11 is 1.19. The molecule has 2 aromatic rings. The first-order valence-corrected chi connectivity index (χ1v) is 7.50. The van der Waals surface area contributed by atoms with Gasteiger partial charge < -0.3 is 10.4 Å². The van der Waals surface area contributed by atoms with E-state index in [0.29, 0.717) is 24.3 Å². The van der Waals surface area contributed by atoms with Gasteiger partial charge in [0.25, 0.3) is 0 Å². The standard InChI is InChI=1S/C16H17NO3S/c1-11-3-2-4-12(9-11)5-8-15(18)17-10-13-6-7-14(21-13)16(19)20/h2-4,6-7,9H,5,8,10H2,1H3,(H,17,18)(H,19,20). The molecule has 0 radical (unpaired) electrons. The Balaban J connectivity index is 1.78. The molecule has 1 heterocycles. The van der Waals surface area contributed by atoms with Crippen LogP contribution in [0, 0.1) is 6.92 Å². The Hall–Kier alpha value is -2.14. The van der Waals surface area contributed by atoms with Crippen molar-refractivity contribution in [1.82, 2.24) is 5.32 Å². The van der Waals surface area contributed by atoms with Crippen molar-refractivity contribution < 1.29 is 14.7 Å². The van der Waals surface area contributed by atoms with Crippen molar-refractivity contribution in [3.63, 3.8) is 0 Å². The maximum atomic E-state index is 11.8. The molecule has 5 heteroatoms. The van der Waals surface area contributed by atoms with Crippen molar-refractivity contribution in [2.45, 2.75) is 26.3 Å². The summed E-state index contributed by atoms with van der Waals surface area (Å²) in [5.74, 6) is -0.959. The zero-order chi connectivity index (χ0) is 15.2. The van der Waals surface area contributed by atoms with Gasteiger partial charge in [-0.15, -0.1) is 11.3 Å². The van der Waals surface area contributed by atoms with Crippen LogP contribution in [0.1, 0.15) is 32.1 Å². The summed E-state index contributed by atoms with van der Waals surface area (Å²) in [5.41, 5.74) is 2.34. The van der Waals surface area contributed by atoms with Gasteiger partial charge in [-0.2, -0.15) is 0 Å². The van der Waals surface area contributed by atoms with Gasteiger partial charge in [0.15, 0.2) is 0 Å². The van der Waals surface area contributed by atoms with E-state index < -0.39 is 5.97 Å². The van der Waals surface area contributed by atoms with Crippen LogP contribution < -0.4 is 5.32 Å². The summed E-state index contributed by atoms with van der Waals surface area (Å²) < 4.78 is 0. The molecular weight excluding hydrogens is 286 g/mol. The topological polar surface area (TPSA) is 66.4 Å². The second-order valence-corrected chi connectivity index (χ2v) is 6.01. The van der Waals surface area contributed by atoms with E-state index in [4.69, 9.17) is 5.11 Å². The Bertz CT molecular complexity index is 648. The SMILES string of the molecule is Cc1cccc(CCC(=O)NCc2ccc(C(=O)O)s2)c1. The van der Waals surface area contributed by atoms with Crippen molar-refractivity contribution in [3.8, 4) is 0 Å². The molecule has 0 fully saturated rings. The molecule has 0 spiro atoms. The molecule has 0 atom stereocenters. The van der Waals surface area contributed by atoms with Gasteiger partial charge in [0, 0.05) is 11.3 Å². The average molecular weight is 303 g/mol. The van der Waals surface area contributed by atoms with Gasteiger partial charge in [-0.05, 0) is 31.0 Å². The summed E-state index contributed by atoms with van der Waals surface area (Å²) in [6.07, 6.45) is 1.14. The first kappa shape index (κ1) is 15.3. The highest BCUT2D eigenvalue weighted by Gasteiger charge is 2.08. The molecule has 1 aromatic carbocycles. The number of carboxylic acids is 1. The molecule has 0 saturated heterocycles. The van der Waals surface area contributed by atoms with Gasteiger partial charge in [0.05, 0.1) is 6.54 Å². The van der Waals surface area contributed by atoms with E-state index in [2.05, 4.69) is 11.4 Å². The van der Waals surface area contributed by atoms with Crippen molar-refractivity contribution in [2.75, 3.05) is 0 Å². The maximum absolute atomic E-state index is 11.8. The van der Waals surface area contributed by atoms with Gasteiger partial charge >= 0.3 is 5.97 Å². The minimum atomic E-state index is -0.933. The lowest BCUT2D eigenvalue weighted by molar-refractivity contribution is -0.121. The van der Waals surface area contributed by atoms with Gasteiger partial charge in [-0.25, -0.2) is 4.79 Å². The number of amides is 1. The molecule has 4 nitrogen and oxygen atoms in total. The molecular formula is C16H17NO3S. The monoisotopic (exact) mass is 303 g/mol. The third kappa shape index (κ3) is 4.72. The smallest absolute Gasteiger partial charge is 0.345 e. The van der Waals surface area contributed by atoms with Crippen LogP contribution in [0.4, 0.5) is 0 Å². The fourth-order valence-corrected chi connectivity index (χ4v) is 2.77. The number of carboxylic acid groups (broad SMARTS) is 1. The van der Waals surface area contributed by atoms with Gasteiger partial charge in [-0.1, -0.05) is 29.8 Å². The number of thiophene rings is 1.